The Labute approximate surface area is 134 Å². The number of nitrogens with zero attached hydrogens (tertiary/aromatic N) is 1. The van der Waals surface area contributed by atoms with E-state index in [4.69, 9.17) is 5.11 Å². The number of ketones is 2. The fourth-order valence-corrected chi connectivity index (χ4v) is 2.46. The van der Waals surface area contributed by atoms with Crippen LogP contribution in [0.1, 0.15) is 36.5 Å². The lowest BCUT2D eigenvalue weighted by Crippen LogP contribution is -2.45. The maximum atomic E-state index is 12.6. The van der Waals surface area contributed by atoms with Crippen LogP contribution in [0.25, 0.3) is 0 Å². The topological polar surface area (TPSA) is 122 Å². The van der Waals surface area contributed by atoms with Gasteiger partial charge >= 0.3 is 11.9 Å². The fraction of sp³-hybridized carbons (Fsp3) is 0.357. The molecule has 0 fully saturated rings. The van der Waals surface area contributed by atoms with Crippen LogP contribution in [0.4, 0.5) is 0 Å². The van der Waals surface area contributed by atoms with E-state index in [-0.39, 0.29) is 24.8 Å². The molecule has 1 aromatic heterocycles. The van der Waals surface area contributed by atoms with E-state index in [1.165, 1.54) is 18.5 Å². The molecule has 1 heterocycles. The Bertz CT molecular complexity index is 614. The monoisotopic (exact) mass is 371 g/mol. The van der Waals surface area contributed by atoms with Crippen molar-refractivity contribution < 1.29 is 29.4 Å². The fourth-order valence-electron chi connectivity index (χ4n) is 2.09. The van der Waals surface area contributed by atoms with Crippen molar-refractivity contribution in [3.8, 4) is 0 Å². The minimum atomic E-state index is -2.29. The Hall–Kier alpha value is -2.09. The van der Waals surface area contributed by atoms with Crippen molar-refractivity contribution in [2.24, 2.45) is 5.41 Å². The van der Waals surface area contributed by atoms with E-state index in [2.05, 4.69) is 20.9 Å². The predicted octanol–water partition coefficient (Wildman–Crippen LogP) is 1.94. The van der Waals surface area contributed by atoms with Crippen LogP contribution in [0.2, 0.25) is 0 Å². The number of carboxylic acids is 2. The third-order valence-electron chi connectivity index (χ3n) is 3.26. The summed E-state index contributed by atoms with van der Waals surface area (Å²) in [6, 6.07) is 1.37. The van der Waals surface area contributed by atoms with Gasteiger partial charge in [0.05, 0.1) is 0 Å². The van der Waals surface area contributed by atoms with Gasteiger partial charge in [0.2, 0.25) is 0 Å². The first-order valence-electron chi connectivity index (χ1n) is 6.33. The molecule has 22 heavy (non-hydrogen) atoms. The van der Waals surface area contributed by atoms with Gasteiger partial charge in [-0.05, 0) is 41.8 Å². The first-order chi connectivity index (χ1) is 10.2. The first kappa shape index (κ1) is 18.0. The third kappa shape index (κ3) is 3.76. The summed E-state index contributed by atoms with van der Waals surface area (Å²) in [5.74, 6) is -4.45. The van der Waals surface area contributed by atoms with Crippen molar-refractivity contribution in [1.29, 1.82) is 0 Å². The number of carbonyl (C=O) groups excluding carboxylic acids is 2. The van der Waals surface area contributed by atoms with Crippen LogP contribution in [0.15, 0.2) is 22.9 Å². The number of hydrogen-bond donors (Lipinski definition) is 2. The van der Waals surface area contributed by atoms with Crippen LogP contribution >= 0.6 is 15.9 Å². The van der Waals surface area contributed by atoms with Gasteiger partial charge in [0.15, 0.2) is 17.0 Å². The smallest absolute Gasteiger partial charge is 0.325 e. The molecule has 8 heteroatoms. The molecule has 0 aliphatic carbocycles. The van der Waals surface area contributed by atoms with E-state index in [9.17, 15) is 24.3 Å². The van der Waals surface area contributed by atoms with Gasteiger partial charge in [-0.1, -0.05) is 0 Å². The first-order valence-corrected chi connectivity index (χ1v) is 7.12. The number of aromatic nitrogens is 1. The van der Waals surface area contributed by atoms with Crippen molar-refractivity contribution in [1.82, 2.24) is 4.98 Å². The molecule has 0 saturated carbocycles. The van der Waals surface area contributed by atoms with E-state index in [1.807, 2.05) is 0 Å². The molecule has 118 valence electrons. The van der Waals surface area contributed by atoms with Crippen molar-refractivity contribution in [2.45, 2.75) is 26.2 Å². The summed E-state index contributed by atoms with van der Waals surface area (Å²) in [7, 11) is 0. The van der Waals surface area contributed by atoms with Gasteiger partial charge < -0.3 is 10.2 Å². The molecule has 0 saturated heterocycles. The number of carboxylic acid groups (broad SMARTS) is 2. The van der Waals surface area contributed by atoms with Crippen molar-refractivity contribution in [3.63, 3.8) is 0 Å². The lowest BCUT2D eigenvalue weighted by molar-refractivity contribution is -0.151. The lowest BCUT2D eigenvalue weighted by atomic mass is 9.73. The van der Waals surface area contributed by atoms with Crippen molar-refractivity contribution in [2.75, 3.05) is 0 Å². The molecule has 0 amide bonds. The average molecular weight is 372 g/mol. The van der Waals surface area contributed by atoms with Crippen LogP contribution in [0, 0.1) is 5.41 Å². The molecule has 1 atom stereocenters. The number of pyridine rings is 1. The van der Waals surface area contributed by atoms with Gasteiger partial charge in [0.1, 0.15) is 0 Å². The Morgan fingerprint density at radius 3 is 2.32 bits per heavy atom. The van der Waals surface area contributed by atoms with Gasteiger partial charge in [-0.25, -0.2) is 0 Å². The summed E-state index contributed by atoms with van der Waals surface area (Å²) in [5.41, 5.74) is -2.32. The lowest BCUT2D eigenvalue weighted by Gasteiger charge is -2.25. The Kier molecular flexibility index (Phi) is 5.92. The SMILES string of the molecule is CC(=O)C(CCCC(=O)O)(C(=O)O)C(=O)c1cncc(Br)c1. The minimum absolute atomic E-state index is 0.0256. The zero-order valence-electron chi connectivity index (χ0n) is 11.7. The maximum absolute atomic E-state index is 12.6. The second kappa shape index (κ2) is 7.26. The van der Waals surface area contributed by atoms with E-state index in [0.717, 1.165) is 6.92 Å². The highest BCUT2D eigenvalue weighted by molar-refractivity contribution is 9.10. The second-order valence-electron chi connectivity index (χ2n) is 4.73. The highest BCUT2D eigenvalue weighted by atomic mass is 79.9. The summed E-state index contributed by atoms with van der Waals surface area (Å²) in [5, 5.41) is 18.1. The molecule has 1 rings (SSSR count). The van der Waals surface area contributed by atoms with Gasteiger partial charge in [0, 0.05) is 28.9 Å². The molecule has 2 N–H and O–H groups in total. The van der Waals surface area contributed by atoms with Crippen LogP contribution in [-0.4, -0.2) is 38.7 Å². The normalized spacial score (nSPS) is 13.2. The predicted molar refractivity (Wildman–Crippen MR) is 78.5 cm³/mol. The quantitative estimate of drug-likeness (QED) is 0.528. The third-order valence-corrected chi connectivity index (χ3v) is 3.70. The van der Waals surface area contributed by atoms with Crippen molar-refractivity contribution in [3.05, 3.63) is 28.5 Å². The highest BCUT2D eigenvalue weighted by Gasteiger charge is 2.50. The number of carbonyl (C=O) groups is 4. The number of aliphatic carboxylic acids is 2. The van der Waals surface area contributed by atoms with E-state index in [0.29, 0.717) is 4.47 Å². The molecule has 0 aliphatic rings. The Morgan fingerprint density at radius 1 is 1.23 bits per heavy atom. The van der Waals surface area contributed by atoms with Gasteiger partial charge in [-0.3, -0.25) is 24.2 Å². The molecule has 0 aromatic carbocycles. The molecule has 7 nitrogen and oxygen atoms in total. The number of hydrogen-bond acceptors (Lipinski definition) is 5. The van der Waals surface area contributed by atoms with E-state index < -0.39 is 28.9 Å². The van der Waals surface area contributed by atoms with Crippen LogP contribution < -0.4 is 0 Å². The summed E-state index contributed by atoms with van der Waals surface area (Å²) >= 11 is 3.12. The zero-order chi connectivity index (χ0) is 16.9. The summed E-state index contributed by atoms with van der Waals surface area (Å²) in [6.07, 6.45) is 1.78. The van der Waals surface area contributed by atoms with Gasteiger partial charge in [-0.2, -0.15) is 0 Å². The zero-order valence-corrected chi connectivity index (χ0v) is 13.3. The number of halogens is 1. The molecule has 1 aromatic rings. The Morgan fingerprint density at radius 2 is 1.86 bits per heavy atom. The molecule has 0 radical (unpaired) electrons. The molecular weight excluding hydrogens is 358 g/mol. The molecule has 1 unspecified atom stereocenters. The Balaban J connectivity index is 3.24. The number of Topliss-reactive ketones (excluding diaryl/α,β-unsaturated/α-hetero) is 2. The summed E-state index contributed by atoms with van der Waals surface area (Å²) < 4.78 is 0.465. The van der Waals surface area contributed by atoms with Crippen molar-refractivity contribution >= 4 is 39.4 Å². The van der Waals surface area contributed by atoms with Crippen LogP contribution in [-0.2, 0) is 14.4 Å². The molecule has 0 spiro atoms. The molecule has 0 bridgehead atoms. The molecule has 0 aliphatic heterocycles. The average Bonchev–Trinajstić information content (AvgIpc) is 2.41. The van der Waals surface area contributed by atoms with E-state index >= 15 is 0 Å². The van der Waals surface area contributed by atoms with Gasteiger partial charge in [0.25, 0.3) is 0 Å². The van der Waals surface area contributed by atoms with Gasteiger partial charge in [-0.15, -0.1) is 0 Å². The summed E-state index contributed by atoms with van der Waals surface area (Å²) in [4.78, 5) is 50.4. The maximum Gasteiger partial charge on any atom is 0.325 e. The number of rotatable bonds is 8. The largest absolute Gasteiger partial charge is 0.481 e. The summed E-state index contributed by atoms with van der Waals surface area (Å²) in [6.45, 7) is 1.01. The highest BCUT2D eigenvalue weighted by Crippen LogP contribution is 2.32. The van der Waals surface area contributed by atoms with Crippen LogP contribution in [0.3, 0.4) is 0 Å². The van der Waals surface area contributed by atoms with E-state index in [1.54, 1.807) is 0 Å². The molecular formula is C14H14BrNO6. The minimum Gasteiger partial charge on any atom is -0.481 e. The standard InChI is InChI=1S/C14H14BrNO6/c1-8(17)14(13(21)22,4-2-3-11(18)19)12(20)9-5-10(15)7-16-6-9/h5-7H,2-4H2,1H3,(H,18,19)(H,21,22). The van der Waals surface area contributed by atoms with Crippen LogP contribution in [0.5, 0.6) is 0 Å². The second-order valence-corrected chi connectivity index (χ2v) is 5.65.